The van der Waals surface area contributed by atoms with Gasteiger partial charge in [0.1, 0.15) is 17.1 Å². The molecule has 0 N–H and O–H groups in total. The first-order valence-electron chi connectivity index (χ1n) is 8.45. The van der Waals surface area contributed by atoms with Crippen molar-refractivity contribution in [2.24, 2.45) is 0 Å². The van der Waals surface area contributed by atoms with E-state index in [9.17, 15) is 9.59 Å². The lowest BCUT2D eigenvalue weighted by molar-refractivity contribution is -0.146. The Morgan fingerprint density at radius 3 is 1.88 bits per heavy atom. The molecule has 138 valence electrons. The van der Waals surface area contributed by atoms with E-state index in [4.69, 9.17) is 18.9 Å². The topological polar surface area (TPSA) is 71.1 Å². The van der Waals surface area contributed by atoms with Crippen molar-refractivity contribution in [3.8, 4) is 11.5 Å². The maximum atomic E-state index is 12.3. The average Bonchev–Trinajstić information content (AvgIpc) is 2.57. The molecule has 6 heteroatoms. The first-order chi connectivity index (χ1) is 12.0. The smallest absolute Gasteiger partial charge is 0.345 e. The van der Waals surface area contributed by atoms with Crippen LogP contribution in [0.4, 0.5) is 0 Å². The van der Waals surface area contributed by atoms with Gasteiger partial charge in [-0.05, 0) is 58.4 Å². The Labute approximate surface area is 148 Å². The molecule has 0 aliphatic carbocycles. The molecular formula is C19H26O6. The SMILES string of the molecule is CCOC(=O)C(C(=O)OCC)=C(C)c1cc(OCC)ccc1OCC. The zero-order valence-electron chi connectivity index (χ0n) is 15.5. The molecule has 0 heterocycles. The molecule has 1 aromatic carbocycles. The molecular weight excluding hydrogens is 324 g/mol. The van der Waals surface area contributed by atoms with E-state index < -0.39 is 11.9 Å². The summed E-state index contributed by atoms with van der Waals surface area (Å²) >= 11 is 0. The van der Waals surface area contributed by atoms with Gasteiger partial charge in [-0.15, -0.1) is 0 Å². The number of allylic oxidation sites excluding steroid dienone is 1. The van der Waals surface area contributed by atoms with Crippen molar-refractivity contribution in [2.45, 2.75) is 34.6 Å². The zero-order chi connectivity index (χ0) is 18.8. The first kappa shape index (κ1) is 20.5. The second-order valence-electron chi connectivity index (χ2n) is 4.96. The number of rotatable bonds is 9. The molecule has 6 nitrogen and oxygen atoms in total. The quantitative estimate of drug-likeness (QED) is 0.294. The molecule has 25 heavy (non-hydrogen) atoms. The Kier molecular flexibility index (Phi) is 8.53. The molecule has 0 fully saturated rings. The lowest BCUT2D eigenvalue weighted by atomic mass is 10.00. The molecule has 1 rings (SSSR count). The molecule has 0 saturated carbocycles. The minimum atomic E-state index is -0.720. The van der Waals surface area contributed by atoms with E-state index in [0.717, 1.165) is 0 Å². The molecule has 0 bridgehead atoms. The normalized spacial score (nSPS) is 9.96. The lowest BCUT2D eigenvalue weighted by Gasteiger charge is -2.15. The Morgan fingerprint density at radius 2 is 1.40 bits per heavy atom. The fourth-order valence-corrected chi connectivity index (χ4v) is 2.27. The third-order valence-electron chi connectivity index (χ3n) is 3.30. The summed E-state index contributed by atoms with van der Waals surface area (Å²) in [6.07, 6.45) is 0. The van der Waals surface area contributed by atoms with E-state index in [1.54, 1.807) is 39.0 Å². The highest BCUT2D eigenvalue weighted by Crippen LogP contribution is 2.32. The van der Waals surface area contributed by atoms with Gasteiger partial charge < -0.3 is 18.9 Å². The largest absolute Gasteiger partial charge is 0.494 e. The van der Waals surface area contributed by atoms with Gasteiger partial charge in [-0.25, -0.2) is 9.59 Å². The number of esters is 2. The number of hydrogen-bond donors (Lipinski definition) is 0. The minimum absolute atomic E-state index is 0.140. The van der Waals surface area contributed by atoms with Gasteiger partial charge in [0.15, 0.2) is 0 Å². The van der Waals surface area contributed by atoms with Crippen LogP contribution in [-0.2, 0) is 19.1 Å². The number of benzene rings is 1. The van der Waals surface area contributed by atoms with Crippen LogP contribution in [0.15, 0.2) is 23.8 Å². The standard InChI is InChI=1S/C19H26O6/c1-6-22-14-10-11-16(23-7-2)15(12-14)13(5)17(18(20)24-8-3)19(21)25-9-4/h10-12H,6-9H2,1-5H3. The van der Waals surface area contributed by atoms with Crippen LogP contribution in [0.25, 0.3) is 5.57 Å². The predicted molar refractivity (Wildman–Crippen MR) is 94.6 cm³/mol. The molecule has 0 unspecified atom stereocenters. The maximum absolute atomic E-state index is 12.3. The van der Waals surface area contributed by atoms with E-state index in [1.165, 1.54) is 0 Å². The van der Waals surface area contributed by atoms with Gasteiger partial charge >= 0.3 is 11.9 Å². The van der Waals surface area contributed by atoms with Crippen LogP contribution in [0, 0.1) is 0 Å². The van der Waals surface area contributed by atoms with Crippen LogP contribution >= 0.6 is 0 Å². The summed E-state index contributed by atoms with van der Waals surface area (Å²) in [5.74, 6) is -0.271. The average molecular weight is 350 g/mol. The van der Waals surface area contributed by atoms with Gasteiger partial charge in [0, 0.05) is 5.56 Å². The molecule has 0 radical (unpaired) electrons. The van der Waals surface area contributed by atoms with Gasteiger partial charge in [-0.1, -0.05) is 0 Å². The lowest BCUT2D eigenvalue weighted by Crippen LogP contribution is -2.20. The minimum Gasteiger partial charge on any atom is -0.494 e. The van der Waals surface area contributed by atoms with Crippen molar-refractivity contribution < 1.29 is 28.5 Å². The summed E-state index contributed by atoms with van der Waals surface area (Å²) in [6, 6.07) is 5.27. The molecule has 0 saturated heterocycles. The predicted octanol–water partition coefficient (Wildman–Crippen LogP) is 3.38. The Bertz CT molecular complexity index is 613. The van der Waals surface area contributed by atoms with Gasteiger partial charge in [-0.2, -0.15) is 0 Å². The van der Waals surface area contributed by atoms with Gasteiger partial charge in [0.2, 0.25) is 0 Å². The van der Waals surface area contributed by atoms with Gasteiger partial charge in [0.05, 0.1) is 26.4 Å². The van der Waals surface area contributed by atoms with Crippen molar-refractivity contribution in [3.63, 3.8) is 0 Å². The number of carbonyl (C=O) groups is 2. The summed E-state index contributed by atoms with van der Waals surface area (Å²) < 4.78 is 21.2. The van der Waals surface area contributed by atoms with Crippen molar-refractivity contribution in [2.75, 3.05) is 26.4 Å². The molecule has 0 spiro atoms. The third-order valence-corrected chi connectivity index (χ3v) is 3.30. The van der Waals surface area contributed by atoms with E-state index in [0.29, 0.717) is 35.8 Å². The molecule has 1 aromatic rings. The van der Waals surface area contributed by atoms with Crippen molar-refractivity contribution in [1.29, 1.82) is 0 Å². The molecule has 0 amide bonds. The summed E-state index contributed by atoms with van der Waals surface area (Å²) in [4.78, 5) is 24.6. The van der Waals surface area contributed by atoms with Crippen molar-refractivity contribution >= 4 is 17.5 Å². The van der Waals surface area contributed by atoms with Crippen molar-refractivity contribution in [1.82, 2.24) is 0 Å². The fraction of sp³-hybridized carbons (Fsp3) is 0.474. The van der Waals surface area contributed by atoms with E-state index in [1.807, 2.05) is 13.8 Å². The molecule has 0 atom stereocenters. The number of carbonyl (C=O) groups excluding carboxylic acids is 2. The van der Waals surface area contributed by atoms with Crippen molar-refractivity contribution in [3.05, 3.63) is 29.3 Å². The monoisotopic (exact) mass is 350 g/mol. The number of ether oxygens (including phenoxy) is 4. The first-order valence-corrected chi connectivity index (χ1v) is 8.45. The highest BCUT2D eigenvalue weighted by Gasteiger charge is 2.26. The molecule has 0 aromatic heterocycles. The zero-order valence-corrected chi connectivity index (χ0v) is 15.5. The van der Waals surface area contributed by atoms with E-state index in [2.05, 4.69) is 0 Å². The number of hydrogen-bond acceptors (Lipinski definition) is 6. The Balaban J connectivity index is 3.51. The summed E-state index contributed by atoms with van der Waals surface area (Å²) in [6.45, 7) is 10.0. The van der Waals surface area contributed by atoms with Gasteiger partial charge in [0.25, 0.3) is 0 Å². The maximum Gasteiger partial charge on any atom is 0.345 e. The van der Waals surface area contributed by atoms with Gasteiger partial charge in [-0.3, -0.25) is 0 Å². The van der Waals surface area contributed by atoms with Crippen LogP contribution in [-0.4, -0.2) is 38.4 Å². The Hall–Kier alpha value is -2.50. The van der Waals surface area contributed by atoms with Crippen LogP contribution in [0.5, 0.6) is 11.5 Å². The highest BCUT2D eigenvalue weighted by atomic mass is 16.6. The molecule has 0 aliphatic rings. The summed E-state index contributed by atoms with van der Waals surface area (Å²) in [7, 11) is 0. The van der Waals surface area contributed by atoms with Crippen LogP contribution in [0.2, 0.25) is 0 Å². The fourth-order valence-electron chi connectivity index (χ4n) is 2.27. The van der Waals surface area contributed by atoms with Crippen LogP contribution < -0.4 is 9.47 Å². The molecule has 0 aliphatic heterocycles. The second kappa shape index (κ2) is 10.4. The third kappa shape index (κ3) is 5.52. The second-order valence-corrected chi connectivity index (χ2v) is 4.96. The van der Waals surface area contributed by atoms with E-state index in [-0.39, 0.29) is 18.8 Å². The van der Waals surface area contributed by atoms with Crippen LogP contribution in [0.1, 0.15) is 40.2 Å². The summed E-state index contributed by atoms with van der Waals surface area (Å²) in [5, 5.41) is 0. The summed E-state index contributed by atoms with van der Waals surface area (Å²) in [5.41, 5.74) is 0.865. The highest BCUT2D eigenvalue weighted by molar-refractivity contribution is 6.20. The van der Waals surface area contributed by atoms with E-state index >= 15 is 0 Å². The Morgan fingerprint density at radius 1 is 0.840 bits per heavy atom. The van der Waals surface area contributed by atoms with Crippen LogP contribution in [0.3, 0.4) is 0 Å².